The van der Waals surface area contributed by atoms with E-state index in [1.54, 1.807) is 19.1 Å². The number of halogens is 1. The van der Waals surface area contributed by atoms with Crippen molar-refractivity contribution in [1.82, 2.24) is 24.6 Å². The van der Waals surface area contributed by atoms with Gasteiger partial charge in [0.1, 0.15) is 11.6 Å². The molecule has 1 atom stereocenters. The van der Waals surface area contributed by atoms with E-state index in [1.807, 2.05) is 69.4 Å². The summed E-state index contributed by atoms with van der Waals surface area (Å²) in [6.07, 6.45) is 3.11. The van der Waals surface area contributed by atoms with Crippen LogP contribution in [0.4, 0.5) is 10.1 Å². The van der Waals surface area contributed by atoms with Gasteiger partial charge >= 0.3 is 0 Å². The molecule has 3 aliphatic heterocycles. The van der Waals surface area contributed by atoms with Crippen molar-refractivity contribution in [1.29, 1.82) is 5.26 Å². The van der Waals surface area contributed by atoms with Crippen molar-refractivity contribution >= 4 is 33.5 Å². The molecule has 0 aliphatic carbocycles. The van der Waals surface area contributed by atoms with Gasteiger partial charge in [-0.25, -0.2) is 9.37 Å². The summed E-state index contributed by atoms with van der Waals surface area (Å²) < 4.78 is 34.4. The van der Waals surface area contributed by atoms with Gasteiger partial charge in [-0.1, -0.05) is 12.1 Å². The standard InChI is InChI=1S/C39H36FN7O3.C3H6O/c1-22-16-27(19-29-23(2)44-45-36(22)29)42-38(48)26-9-11-33-32(18-26)43-35(46(33)4)21-47-14-12-25(13-15-47)28-6-5-7-34-37(28)50-39(3,49-34)30-10-8-24(20-41)17-31(30)40;1-2-4-3-1/h5-11,16-19,25H,12-15,21H2,1-4H3,(H,42,48)(H,44,45);1-3H2. The molecule has 2 N–H and O–H groups in total. The Morgan fingerprint density at radius 2 is 1.85 bits per heavy atom. The van der Waals surface area contributed by atoms with Gasteiger partial charge < -0.3 is 24.1 Å². The second-order valence-corrected chi connectivity index (χ2v) is 14.4. The summed E-state index contributed by atoms with van der Waals surface area (Å²) >= 11 is 0. The van der Waals surface area contributed by atoms with Crippen LogP contribution in [0.25, 0.3) is 21.9 Å². The van der Waals surface area contributed by atoms with Crippen LogP contribution in [0, 0.1) is 31.0 Å². The van der Waals surface area contributed by atoms with Gasteiger partial charge in [-0.3, -0.25) is 14.8 Å². The summed E-state index contributed by atoms with van der Waals surface area (Å²) in [5.74, 6) is 0.374. The van der Waals surface area contributed by atoms with Crippen LogP contribution in [0.5, 0.6) is 11.5 Å². The number of nitrogens with zero attached hydrogens (tertiary/aromatic N) is 5. The number of aryl methyl sites for hydroxylation is 3. The fourth-order valence-electron chi connectivity index (χ4n) is 7.50. The third-order valence-corrected chi connectivity index (χ3v) is 10.7. The zero-order valence-corrected chi connectivity index (χ0v) is 30.8. The molecule has 0 saturated carbocycles. The number of anilines is 1. The molecule has 276 valence electrons. The number of carbonyl (C=O) groups is 1. The van der Waals surface area contributed by atoms with Gasteiger partial charge in [0.15, 0.2) is 11.5 Å². The van der Waals surface area contributed by atoms with E-state index in [1.165, 1.54) is 12.5 Å². The van der Waals surface area contributed by atoms with Crippen LogP contribution in [0.2, 0.25) is 0 Å². The molecule has 0 radical (unpaired) electrons. The molecule has 1 unspecified atom stereocenters. The molecular weight excluding hydrogens is 686 g/mol. The molecule has 0 spiro atoms. The van der Waals surface area contributed by atoms with Crippen molar-refractivity contribution in [3.63, 3.8) is 0 Å². The summed E-state index contributed by atoms with van der Waals surface area (Å²) in [5, 5.41) is 20.6. The monoisotopic (exact) mass is 727 g/mol. The number of carbonyl (C=O) groups excluding carboxylic acids is 1. The van der Waals surface area contributed by atoms with Crippen LogP contribution >= 0.6 is 0 Å². The quantitative estimate of drug-likeness (QED) is 0.178. The van der Waals surface area contributed by atoms with Crippen molar-refractivity contribution < 1.29 is 23.4 Å². The van der Waals surface area contributed by atoms with Gasteiger partial charge in [0, 0.05) is 55.1 Å². The van der Waals surface area contributed by atoms with Gasteiger partial charge in [0.2, 0.25) is 0 Å². The summed E-state index contributed by atoms with van der Waals surface area (Å²) in [4.78, 5) is 20.6. The molecule has 5 heterocycles. The number of nitrogens with one attached hydrogen (secondary N) is 2. The molecule has 3 aliphatic rings. The first-order chi connectivity index (χ1) is 26.1. The van der Waals surface area contributed by atoms with Gasteiger partial charge in [-0.2, -0.15) is 10.4 Å². The average molecular weight is 728 g/mol. The molecule has 0 bridgehead atoms. The molecule has 54 heavy (non-hydrogen) atoms. The van der Waals surface area contributed by atoms with Crippen molar-refractivity contribution in [3.8, 4) is 17.6 Å². The number of H-pyrrole nitrogens is 1. The number of hydrogen-bond acceptors (Lipinski definition) is 8. The summed E-state index contributed by atoms with van der Waals surface area (Å²) in [7, 11) is 2.01. The molecule has 2 saturated heterocycles. The Bertz CT molecular complexity index is 2430. The third-order valence-electron chi connectivity index (χ3n) is 10.7. The number of hydrogen-bond donors (Lipinski definition) is 2. The number of rotatable bonds is 6. The lowest BCUT2D eigenvalue weighted by atomic mass is 9.88. The van der Waals surface area contributed by atoms with Crippen LogP contribution in [0.3, 0.4) is 0 Å². The predicted molar refractivity (Wildman–Crippen MR) is 203 cm³/mol. The number of fused-ring (bicyclic) bond motifs is 3. The molecule has 6 aromatic rings. The first-order valence-electron chi connectivity index (χ1n) is 18.3. The number of aromatic amines is 1. The number of aromatic nitrogens is 4. The lowest BCUT2D eigenvalue weighted by Gasteiger charge is -2.32. The highest BCUT2D eigenvalue weighted by atomic mass is 19.1. The molecule has 11 nitrogen and oxygen atoms in total. The van der Waals surface area contributed by atoms with E-state index in [0.717, 1.165) is 89.4 Å². The van der Waals surface area contributed by atoms with E-state index >= 15 is 0 Å². The lowest BCUT2D eigenvalue weighted by molar-refractivity contribution is -0.0712. The highest BCUT2D eigenvalue weighted by Gasteiger charge is 2.43. The van der Waals surface area contributed by atoms with Crippen molar-refractivity contribution in [2.24, 2.45) is 7.05 Å². The highest BCUT2D eigenvalue weighted by molar-refractivity contribution is 6.07. The topological polar surface area (TPSA) is 130 Å². The normalized spacial score (nSPS) is 18.2. The molecule has 9 rings (SSSR count). The lowest BCUT2D eigenvalue weighted by Crippen LogP contribution is -2.34. The summed E-state index contributed by atoms with van der Waals surface area (Å²) in [6, 6.07) is 21.7. The highest BCUT2D eigenvalue weighted by Crippen LogP contribution is 2.49. The SMILES string of the molecule is C1COC1.Cc1[nH]nc2c(C)cc(NC(=O)c3ccc4c(c3)nc(CN3CCC(c5cccc6c5OC(C)(c5ccc(C#N)cc5F)O6)CC3)n4C)cc12. The molecule has 1 amide bonds. The van der Waals surface area contributed by atoms with Crippen LogP contribution < -0.4 is 14.8 Å². The number of piperidine rings is 1. The maximum absolute atomic E-state index is 15.0. The Kier molecular flexibility index (Phi) is 9.29. The van der Waals surface area contributed by atoms with Crippen LogP contribution in [0.1, 0.15) is 76.2 Å². The fourth-order valence-corrected chi connectivity index (χ4v) is 7.50. The van der Waals surface area contributed by atoms with E-state index in [-0.39, 0.29) is 23.0 Å². The van der Waals surface area contributed by atoms with Gasteiger partial charge in [0.05, 0.1) is 40.3 Å². The van der Waals surface area contributed by atoms with E-state index in [9.17, 15) is 9.18 Å². The first kappa shape index (κ1) is 35.3. The molecule has 2 fully saturated rings. The Morgan fingerprint density at radius 1 is 1.07 bits per heavy atom. The van der Waals surface area contributed by atoms with Crippen LogP contribution in [-0.2, 0) is 24.1 Å². The summed E-state index contributed by atoms with van der Waals surface area (Å²) in [6.45, 7) is 10.1. The molecular formula is C42H42FN7O4. The predicted octanol–water partition coefficient (Wildman–Crippen LogP) is 7.76. The smallest absolute Gasteiger partial charge is 0.278 e. The van der Waals surface area contributed by atoms with E-state index in [2.05, 4.69) is 31.0 Å². The average Bonchev–Trinajstić information content (AvgIpc) is 3.79. The van der Waals surface area contributed by atoms with Crippen molar-refractivity contribution in [3.05, 3.63) is 112 Å². The summed E-state index contributed by atoms with van der Waals surface area (Å²) in [5.41, 5.74) is 7.43. The minimum Gasteiger partial charge on any atom is -0.444 e. The number of benzene rings is 4. The number of amides is 1. The number of likely N-dealkylation sites (tertiary alicyclic amines) is 1. The minimum atomic E-state index is -1.33. The zero-order chi connectivity index (χ0) is 37.6. The maximum atomic E-state index is 15.0. The number of nitriles is 1. The van der Waals surface area contributed by atoms with Crippen molar-refractivity contribution in [2.45, 2.75) is 58.3 Å². The van der Waals surface area contributed by atoms with E-state index in [0.29, 0.717) is 23.6 Å². The Hall–Kier alpha value is -5.77. The van der Waals surface area contributed by atoms with Crippen LogP contribution in [0.15, 0.2) is 66.7 Å². The van der Waals surface area contributed by atoms with Crippen molar-refractivity contribution in [2.75, 3.05) is 31.6 Å². The third kappa shape index (κ3) is 6.65. The van der Waals surface area contributed by atoms with E-state index in [4.69, 9.17) is 24.5 Å². The van der Waals surface area contributed by atoms with Gasteiger partial charge in [0.25, 0.3) is 11.7 Å². The second-order valence-electron chi connectivity index (χ2n) is 14.4. The molecule has 12 heteroatoms. The number of ether oxygens (including phenoxy) is 3. The number of para-hydroxylation sites is 1. The Labute approximate surface area is 312 Å². The first-order valence-corrected chi connectivity index (χ1v) is 18.3. The fraction of sp³-hybridized carbons (Fsp3) is 0.333. The van der Waals surface area contributed by atoms with Gasteiger partial charge in [-0.05, 0) is 112 Å². The zero-order valence-electron chi connectivity index (χ0n) is 30.8. The van der Waals surface area contributed by atoms with Crippen LogP contribution in [-0.4, -0.2) is 56.9 Å². The Morgan fingerprint density at radius 3 is 2.57 bits per heavy atom. The van der Waals surface area contributed by atoms with Gasteiger partial charge in [-0.15, -0.1) is 0 Å². The molecule has 4 aromatic carbocycles. The molecule has 2 aromatic heterocycles. The minimum absolute atomic E-state index is 0.190. The largest absolute Gasteiger partial charge is 0.444 e. The Balaban J connectivity index is 0.000000971. The maximum Gasteiger partial charge on any atom is 0.278 e. The number of imidazole rings is 1. The second kappa shape index (κ2) is 14.2. The van der Waals surface area contributed by atoms with E-state index < -0.39 is 11.6 Å².